The van der Waals surface area contributed by atoms with Crippen LogP contribution >= 0.6 is 0 Å². The van der Waals surface area contributed by atoms with Crippen molar-refractivity contribution in [1.29, 1.82) is 0 Å². The summed E-state index contributed by atoms with van der Waals surface area (Å²) in [5, 5.41) is 7.26. The van der Waals surface area contributed by atoms with Crippen molar-refractivity contribution in [1.82, 2.24) is 10.6 Å². The average molecular weight is 224 g/mol. The summed E-state index contributed by atoms with van der Waals surface area (Å²) < 4.78 is 0. The monoisotopic (exact) mass is 224 g/mol. The fourth-order valence-electron chi connectivity index (χ4n) is 3.27. The molecule has 1 heterocycles. The molecule has 2 fully saturated rings. The van der Waals surface area contributed by atoms with Crippen LogP contribution < -0.4 is 10.6 Å². The predicted molar refractivity (Wildman–Crippen MR) is 69.6 cm³/mol. The van der Waals surface area contributed by atoms with E-state index in [0.717, 1.165) is 12.0 Å². The lowest BCUT2D eigenvalue weighted by Gasteiger charge is -2.24. The summed E-state index contributed by atoms with van der Waals surface area (Å²) in [7, 11) is 0. The molecule has 2 nitrogen and oxygen atoms in total. The maximum Gasteiger partial charge on any atom is 0.00723 e. The second kappa shape index (κ2) is 5.50. The number of hydrogen-bond acceptors (Lipinski definition) is 2. The van der Waals surface area contributed by atoms with Crippen molar-refractivity contribution >= 4 is 0 Å². The van der Waals surface area contributed by atoms with Gasteiger partial charge in [0.05, 0.1) is 0 Å². The Balaban J connectivity index is 1.58. The number of nitrogens with one attached hydrogen (secondary N) is 2. The summed E-state index contributed by atoms with van der Waals surface area (Å²) in [6, 6.07) is 0.798. The molecule has 2 heteroatoms. The van der Waals surface area contributed by atoms with E-state index < -0.39 is 0 Å². The molecule has 0 aromatic heterocycles. The zero-order chi connectivity index (χ0) is 11.4. The van der Waals surface area contributed by atoms with Gasteiger partial charge in [-0.2, -0.15) is 0 Å². The van der Waals surface area contributed by atoms with Gasteiger partial charge < -0.3 is 10.6 Å². The van der Waals surface area contributed by atoms with Gasteiger partial charge in [-0.3, -0.25) is 0 Å². The van der Waals surface area contributed by atoms with Crippen LogP contribution in [0, 0.1) is 11.3 Å². The summed E-state index contributed by atoms with van der Waals surface area (Å²) in [6.45, 7) is 8.52. The van der Waals surface area contributed by atoms with E-state index in [-0.39, 0.29) is 0 Å². The maximum atomic E-state index is 3.76. The number of rotatable bonds is 4. The summed E-state index contributed by atoms with van der Waals surface area (Å²) in [6.07, 6.45) is 8.33. The van der Waals surface area contributed by atoms with Crippen molar-refractivity contribution in [2.24, 2.45) is 11.3 Å². The van der Waals surface area contributed by atoms with Crippen LogP contribution in [0.2, 0.25) is 0 Å². The highest BCUT2D eigenvalue weighted by Crippen LogP contribution is 2.36. The molecule has 2 N–H and O–H groups in total. The van der Waals surface area contributed by atoms with Gasteiger partial charge in [0.15, 0.2) is 0 Å². The lowest BCUT2D eigenvalue weighted by atomic mass is 9.92. The highest BCUT2D eigenvalue weighted by Gasteiger charge is 2.30. The summed E-state index contributed by atoms with van der Waals surface area (Å²) in [5.74, 6) is 0.927. The Bertz CT molecular complexity index is 207. The molecule has 1 aliphatic carbocycles. The van der Waals surface area contributed by atoms with Crippen LogP contribution in [-0.4, -0.2) is 25.7 Å². The second-order valence-electron chi connectivity index (χ2n) is 6.56. The largest absolute Gasteiger partial charge is 0.316 e. The molecule has 0 aromatic rings. The van der Waals surface area contributed by atoms with Gasteiger partial charge in [0.25, 0.3) is 0 Å². The minimum absolute atomic E-state index is 0.587. The first-order valence-corrected chi connectivity index (χ1v) is 7.10. The van der Waals surface area contributed by atoms with Gasteiger partial charge in [0.1, 0.15) is 0 Å². The van der Waals surface area contributed by atoms with Crippen LogP contribution in [0.25, 0.3) is 0 Å². The summed E-state index contributed by atoms with van der Waals surface area (Å²) in [5.41, 5.74) is 0.587. The molecular weight excluding hydrogens is 196 g/mol. The van der Waals surface area contributed by atoms with Crippen molar-refractivity contribution in [3.05, 3.63) is 0 Å². The van der Waals surface area contributed by atoms with Gasteiger partial charge in [-0.15, -0.1) is 0 Å². The first-order chi connectivity index (χ1) is 7.66. The molecule has 94 valence electrons. The highest BCUT2D eigenvalue weighted by molar-refractivity contribution is 4.86. The van der Waals surface area contributed by atoms with E-state index >= 15 is 0 Å². The number of piperidine rings is 1. The van der Waals surface area contributed by atoms with Crippen molar-refractivity contribution in [2.75, 3.05) is 19.6 Å². The second-order valence-corrected chi connectivity index (χ2v) is 6.56. The third-order valence-electron chi connectivity index (χ3n) is 4.35. The molecule has 0 bridgehead atoms. The van der Waals surface area contributed by atoms with Crippen molar-refractivity contribution < 1.29 is 0 Å². The fourth-order valence-corrected chi connectivity index (χ4v) is 3.27. The highest BCUT2D eigenvalue weighted by atomic mass is 14.9. The SMILES string of the molecule is CC1(C)CCC(NCCC2CCCNC2)C1. The molecule has 0 aromatic carbocycles. The van der Waals surface area contributed by atoms with Crippen LogP contribution in [0.5, 0.6) is 0 Å². The maximum absolute atomic E-state index is 3.76. The third-order valence-corrected chi connectivity index (χ3v) is 4.35. The Morgan fingerprint density at radius 2 is 2.19 bits per heavy atom. The molecule has 2 atom stereocenters. The smallest absolute Gasteiger partial charge is 0.00723 e. The Hall–Kier alpha value is -0.0800. The zero-order valence-electron chi connectivity index (χ0n) is 11.0. The lowest BCUT2D eigenvalue weighted by molar-refractivity contribution is 0.334. The van der Waals surface area contributed by atoms with Crippen LogP contribution in [0.3, 0.4) is 0 Å². The van der Waals surface area contributed by atoms with Crippen LogP contribution in [0.15, 0.2) is 0 Å². The molecule has 16 heavy (non-hydrogen) atoms. The van der Waals surface area contributed by atoms with Gasteiger partial charge in [-0.05, 0) is 69.5 Å². The minimum Gasteiger partial charge on any atom is -0.316 e. The molecule has 1 aliphatic heterocycles. The van der Waals surface area contributed by atoms with E-state index in [4.69, 9.17) is 0 Å². The standard InChI is InChI=1S/C14H28N2/c1-14(2)7-5-13(10-14)16-9-6-12-4-3-8-15-11-12/h12-13,15-16H,3-11H2,1-2H3. The Kier molecular flexibility index (Phi) is 4.26. The van der Waals surface area contributed by atoms with E-state index in [1.807, 2.05) is 0 Å². The van der Waals surface area contributed by atoms with Gasteiger partial charge in [0.2, 0.25) is 0 Å². The van der Waals surface area contributed by atoms with Gasteiger partial charge >= 0.3 is 0 Å². The molecule has 1 saturated carbocycles. The molecule has 2 rings (SSSR count). The predicted octanol–water partition coefficient (Wildman–Crippen LogP) is 2.54. The van der Waals surface area contributed by atoms with Gasteiger partial charge in [-0.1, -0.05) is 13.8 Å². The Morgan fingerprint density at radius 1 is 1.31 bits per heavy atom. The molecule has 2 aliphatic rings. The van der Waals surface area contributed by atoms with E-state index in [1.54, 1.807) is 0 Å². The van der Waals surface area contributed by atoms with E-state index in [0.29, 0.717) is 5.41 Å². The topological polar surface area (TPSA) is 24.1 Å². The van der Waals surface area contributed by atoms with E-state index in [9.17, 15) is 0 Å². The van der Waals surface area contributed by atoms with Crippen molar-refractivity contribution in [3.63, 3.8) is 0 Å². The fraction of sp³-hybridized carbons (Fsp3) is 1.00. The Morgan fingerprint density at radius 3 is 2.81 bits per heavy atom. The quantitative estimate of drug-likeness (QED) is 0.767. The zero-order valence-corrected chi connectivity index (χ0v) is 11.0. The van der Waals surface area contributed by atoms with Crippen LogP contribution in [0.1, 0.15) is 52.4 Å². The van der Waals surface area contributed by atoms with Gasteiger partial charge in [-0.25, -0.2) is 0 Å². The molecule has 0 spiro atoms. The van der Waals surface area contributed by atoms with Crippen molar-refractivity contribution in [3.8, 4) is 0 Å². The van der Waals surface area contributed by atoms with E-state index in [1.165, 1.54) is 58.2 Å². The minimum atomic E-state index is 0.587. The third kappa shape index (κ3) is 3.74. The first-order valence-electron chi connectivity index (χ1n) is 7.10. The molecular formula is C14H28N2. The molecule has 1 saturated heterocycles. The average Bonchev–Trinajstić information content (AvgIpc) is 2.60. The van der Waals surface area contributed by atoms with E-state index in [2.05, 4.69) is 24.5 Å². The summed E-state index contributed by atoms with van der Waals surface area (Å²) in [4.78, 5) is 0. The van der Waals surface area contributed by atoms with Crippen molar-refractivity contribution in [2.45, 2.75) is 58.4 Å². The van der Waals surface area contributed by atoms with Crippen LogP contribution in [-0.2, 0) is 0 Å². The normalized spacial score (nSPS) is 34.1. The number of hydrogen-bond donors (Lipinski definition) is 2. The first kappa shape index (κ1) is 12.4. The molecule has 2 unspecified atom stereocenters. The molecule has 0 radical (unpaired) electrons. The molecule has 0 amide bonds. The Labute approximate surface area is 101 Å². The van der Waals surface area contributed by atoms with Gasteiger partial charge in [0, 0.05) is 6.04 Å². The van der Waals surface area contributed by atoms with Crippen LogP contribution in [0.4, 0.5) is 0 Å². The summed E-state index contributed by atoms with van der Waals surface area (Å²) >= 11 is 0. The lowest BCUT2D eigenvalue weighted by Crippen LogP contribution is -2.34.